The highest BCUT2D eigenvalue weighted by molar-refractivity contribution is 5.84. The highest BCUT2D eigenvalue weighted by atomic mass is 16.4. The molecule has 4 nitrogen and oxygen atoms in total. The number of aryl methyl sites for hydroxylation is 1. The zero-order valence-electron chi connectivity index (χ0n) is 11.9. The lowest BCUT2D eigenvalue weighted by atomic mass is 10.0. The van der Waals surface area contributed by atoms with Gasteiger partial charge in [0.05, 0.1) is 6.04 Å². The molecule has 0 aliphatic carbocycles. The molecule has 0 saturated carbocycles. The fourth-order valence-corrected chi connectivity index (χ4v) is 2.19. The fourth-order valence-electron chi connectivity index (χ4n) is 2.19. The van der Waals surface area contributed by atoms with Gasteiger partial charge < -0.3 is 14.8 Å². The zero-order chi connectivity index (χ0) is 14.7. The van der Waals surface area contributed by atoms with Crippen molar-refractivity contribution in [1.29, 1.82) is 0 Å². The van der Waals surface area contributed by atoms with E-state index in [0.29, 0.717) is 5.76 Å². The summed E-state index contributed by atoms with van der Waals surface area (Å²) in [4.78, 5) is 10.8. The number of aromatic carboxylic acids is 1. The molecule has 20 heavy (non-hydrogen) atoms. The molecule has 2 aromatic rings. The van der Waals surface area contributed by atoms with E-state index in [1.807, 2.05) is 13.0 Å². The van der Waals surface area contributed by atoms with Crippen molar-refractivity contribution in [3.63, 3.8) is 0 Å². The van der Waals surface area contributed by atoms with Gasteiger partial charge in [-0.3, -0.25) is 0 Å². The van der Waals surface area contributed by atoms with Crippen LogP contribution in [0.3, 0.4) is 0 Å². The van der Waals surface area contributed by atoms with Crippen LogP contribution in [0.15, 0.2) is 40.8 Å². The molecule has 4 heteroatoms. The number of rotatable bonds is 5. The third-order valence-corrected chi connectivity index (χ3v) is 3.31. The monoisotopic (exact) mass is 273 g/mol. The Kier molecular flexibility index (Phi) is 4.25. The van der Waals surface area contributed by atoms with Crippen LogP contribution in [0.5, 0.6) is 0 Å². The van der Waals surface area contributed by atoms with Gasteiger partial charge in [0.25, 0.3) is 0 Å². The summed E-state index contributed by atoms with van der Waals surface area (Å²) in [5.41, 5.74) is 2.41. The molecule has 2 rings (SSSR count). The van der Waals surface area contributed by atoms with Crippen LogP contribution in [0.4, 0.5) is 0 Å². The normalized spacial score (nSPS) is 13.9. The lowest BCUT2D eigenvalue weighted by Gasteiger charge is -2.19. The summed E-state index contributed by atoms with van der Waals surface area (Å²) >= 11 is 0. The molecule has 0 bridgehead atoms. The summed E-state index contributed by atoms with van der Waals surface area (Å²) in [5.74, 6) is -0.450. The van der Waals surface area contributed by atoms with E-state index >= 15 is 0 Å². The smallest absolute Gasteiger partial charge is 0.371 e. The van der Waals surface area contributed by atoms with Crippen molar-refractivity contribution in [2.75, 3.05) is 0 Å². The average Bonchev–Trinajstić information content (AvgIpc) is 2.88. The topological polar surface area (TPSA) is 62.5 Å². The predicted octanol–water partition coefficient (Wildman–Crippen LogP) is 3.70. The molecule has 1 heterocycles. The van der Waals surface area contributed by atoms with E-state index < -0.39 is 5.97 Å². The van der Waals surface area contributed by atoms with Gasteiger partial charge in [-0.05, 0) is 38.5 Å². The molecule has 2 N–H and O–H groups in total. The van der Waals surface area contributed by atoms with Gasteiger partial charge in [0.2, 0.25) is 5.76 Å². The van der Waals surface area contributed by atoms with E-state index in [9.17, 15) is 4.79 Å². The van der Waals surface area contributed by atoms with Crippen molar-refractivity contribution < 1.29 is 14.3 Å². The molecule has 0 saturated heterocycles. The molecule has 0 radical (unpaired) electrons. The Morgan fingerprint density at radius 3 is 2.55 bits per heavy atom. The van der Waals surface area contributed by atoms with Gasteiger partial charge in [0.1, 0.15) is 5.76 Å². The summed E-state index contributed by atoms with van der Waals surface area (Å²) in [6.45, 7) is 6.09. The van der Waals surface area contributed by atoms with E-state index in [4.69, 9.17) is 9.52 Å². The van der Waals surface area contributed by atoms with Gasteiger partial charge in [-0.1, -0.05) is 29.8 Å². The molecule has 106 valence electrons. The second-order valence-electron chi connectivity index (χ2n) is 5.03. The van der Waals surface area contributed by atoms with Crippen molar-refractivity contribution >= 4 is 5.97 Å². The maximum atomic E-state index is 10.8. The van der Waals surface area contributed by atoms with Crippen molar-refractivity contribution in [1.82, 2.24) is 5.32 Å². The first kappa shape index (κ1) is 14.3. The Bertz CT molecular complexity index is 603. The number of carboxylic acids is 1. The van der Waals surface area contributed by atoms with Crippen LogP contribution in [0.1, 0.15) is 53.4 Å². The minimum atomic E-state index is -1.05. The molecule has 1 unspecified atom stereocenters. The molecule has 0 amide bonds. The van der Waals surface area contributed by atoms with Crippen LogP contribution in [0, 0.1) is 6.92 Å². The van der Waals surface area contributed by atoms with Crippen molar-refractivity contribution in [3.8, 4) is 0 Å². The van der Waals surface area contributed by atoms with Gasteiger partial charge >= 0.3 is 5.97 Å². The summed E-state index contributed by atoms with van der Waals surface area (Å²) in [6, 6.07) is 11.6. The molecular weight excluding hydrogens is 254 g/mol. The minimum Gasteiger partial charge on any atom is -0.475 e. The largest absolute Gasteiger partial charge is 0.475 e. The number of hydrogen-bond donors (Lipinski definition) is 2. The second kappa shape index (κ2) is 5.92. The Morgan fingerprint density at radius 1 is 1.20 bits per heavy atom. The fraction of sp³-hybridized carbons (Fsp3) is 0.312. The molecule has 2 atom stereocenters. The van der Waals surface area contributed by atoms with Crippen LogP contribution in [-0.2, 0) is 0 Å². The summed E-state index contributed by atoms with van der Waals surface area (Å²) in [6.07, 6.45) is 0. The Hall–Kier alpha value is -2.07. The Balaban J connectivity index is 2.06. The maximum absolute atomic E-state index is 10.8. The lowest BCUT2D eigenvalue weighted by molar-refractivity contribution is 0.0659. The number of furan rings is 1. The molecule has 0 aliphatic heterocycles. The van der Waals surface area contributed by atoms with Gasteiger partial charge in [-0.2, -0.15) is 0 Å². The molecule has 0 aliphatic rings. The van der Waals surface area contributed by atoms with E-state index in [0.717, 1.165) is 0 Å². The predicted molar refractivity (Wildman–Crippen MR) is 76.8 cm³/mol. The Morgan fingerprint density at radius 2 is 1.95 bits per heavy atom. The number of nitrogens with one attached hydrogen (secondary N) is 1. The number of hydrogen-bond acceptors (Lipinski definition) is 3. The number of carboxylic acid groups (broad SMARTS) is 1. The molecular formula is C16H19NO3. The molecule has 0 spiro atoms. The van der Waals surface area contributed by atoms with Gasteiger partial charge in [-0.25, -0.2) is 4.79 Å². The van der Waals surface area contributed by atoms with Crippen LogP contribution in [0.2, 0.25) is 0 Å². The van der Waals surface area contributed by atoms with E-state index in [-0.39, 0.29) is 17.8 Å². The van der Waals surface area contributed by atoms with E-state index in [2.05, 4.69) is 37.4 Å². The quantitative estimate of drug-likeness (QED) is 0.872. The van der Waals surface area contributed by atoms with Crippen molar-refractivity contribution in [2.45, 2.75) is 32.9 Å². The first-order chi connectivity index (χ1) is 9.47. The van der Waals surface area contributed by atoms with Gasteiger partial charge in [-0.15, -0.1) is 0 Å². The third-order valence-electron chi connectivity index (χ3n) is 3.31. The molecule has 1 aromatic carbocycles. The summed E-state index contributed by atoms with van der Waals surface area (Å²) in [7, 11) is 0. The molecule has 1 aromatic heterocycles. The summed E-state index contributed by atoms with van der Waals surface area (Å²) in [5, 5.41) is 12.3. The maximum Gasteiger partial charge on any atom is 0.371 e. The highest BCUT2D eigenvalue weighted by Gasteiger charge is 2.16. The minimum absolute atomic E-state index is 0.0307. The first-order valence-corrected chi connectivity index (χ1v) is 6.63. The number of carbonyl (C=O) groups is 1. The van der Waals surface area contributed by atoms with Crippen LogP contribution >= 0.6 is 0 Å². The van der Waals surface area contributed by atoms with Crippen LogP contribution < -0.4 is 5.32 Å². The van der Waals surface area contributed by atoms with E-state index in [1.54, 1.807) is 6.07 Å². The van der Waals surface area contributed by atoms with Crippen LogP contribution in [0.25, 0.3) is 0 Å². The summed E-state index contributed by atoms with van der Waals surface area (Å²) < 4.78 is 5.31. The molecule has 0 fully saturated rings. The second-order valence-corrected chi connectivity index (χ2v) is 5.03. The van der Waals surface area contributed by atoms with Gasteiger partial charge in [0.15, 0.2) is 0 Å². The van der Waals surface area contributed by atoms with Gasteiger partial charge in [0, 0.05) is 6.04 Å². The Labute approximate surface area is 118 Å². The SMILES string of the molecule is Cc1cccc([C@H](C)NC(C)c2ccc(C(=O)O)o2)c1. The van der Waals surface area contributed by atoms with Crippen molar-refractivity contribution in [3.05, 3.63) is 59.0 Å². The highest BCUT2D eigenvalue weighted by Crippen LogP contribution is 2.21. The van der Waals surface area contributed by atoms with E-state index in [1.165, 1.54) is 17.2 Å². The first-order valence-electron chi connectivity index (χ1n) is 6.63. The van der Waals surface area contributed by atoms with Crippen molar-refractivity contribution in [2.24, 2.45) is 0 Å². The lowest BCUT2D eigenvalue weighted by Crippen LogP contribution is -2.22. The van der Waals surface area contributed by atoms with Crippen LogP contribution in [-0.4, -0.2) is 11.1 Å². The standard InChI is InChI=1S/C16H19NO3/c1-10-5-4-6-13(9-10)11(2)17-12(3)14-7-8-15(20-14)16(18)19/h4-9,11-12,17H,1-3H3,(H,18,19)/t11-,12?/m0/s1. The average molecular weight is 273 g/mol. The third kappa shape index (κ3) is 3.27. The number of benzene rings is 1. The zero-order valence-corrected chi connectivity index (χ0v) is 11.9.